The molecule has 1 fully saturated rings. The molecule has 0 radical (unpaired) electrons. The van der Waals surface area contributed by atoms with Gasteiger partial charge in [-0.2, -0.15) is 0 Å². The molecule has 0 unspecified atom stereocenters. The van der Waals surface area contributed by atoms with Crippen LogP contribution in [0.1, 0.15) is 22.9 Å². The fraction of sp³-hybridized carbons (Fsp3) is 0.292. The molecule has 166 valence electrons. The first-order chi connectivity index (χ1) is 15.6. The number of benzene rings is 2. The SMILES string of the molecule is O=C(Cc1ccccc1F)N[C@@H](Cc1cc(=O)[nH]c(N2CCOCC2)n1)c1ccccc1. The highest BCUT2D eigenvalue weighted by molar-refractivity contribution is 5.79. The summed E-state index contributed by atoms with van der Waals surface area (Å²) in [4.78, 5) is 34.4. The van der Waals surface area contributed by atoms with E-state index in [2.05, 4.69) is 15.3 Å². The number of rotatable bonds is 7. The molecule has 4 rings (SSSR count). The number of aromatic amines is 1. The van der Waals surface area contributed by atoms with Crippen molar-refractivity contribution in [2.75, 3.05) is 31.2 Å². The lowest BCUT2D eigenvalue weighted by atomic mass is 10.0. The molecule has 0 aliphatic carbocycles. The van der Waals surface area contributed by atoms with Crippen LogP contribution in [0, 0.1) is 5.82 Å². The molecule has 1 saturated heterocycles. The number of ether oxygens (including phenoxy) is 1. The van der Waals surface area contributed by atoms with Crippen molar-refractivity contribution in [3.05, 3.63) is 93.7 Å². The van der Waals surface area contributed by atoms with E-state index in [-0.39, 0.29) is 17.9 Å². The smallest absolute Gasteiger partial charge is 0.252 e. The van der Waals surface area contributed by atoms with Gasteiger partial charge in [-0.1, -0.05) is 48.5 Å². The Hall–Kier alpha value is -3.52. The Kier molecular flexibility index (Phi) is 6.91. The van der Waals surface area contributed by atoms with Gasteiger partial charge in [-0.25, -0.2) is 9.37 Å². The molecule has 2 N–H and O–H groups in total. The highest BCUT2D eigenvalue weighted by Crippen LogP contribution is 2.19. The second-order valence-corrected chi connectivity index (χ2v) is 7.66. The van der Waals surface area contributed by atoms with Crippen molar-refractivity contribution < 1.29 is 13.9 Å². The van der Waals surface area contributed by atoms with Crippen molar-refractivity contribution in [2.24, 2.45) is 0 Å². The van der Waals surface area contributed by atoms with E-state index in [1.54, 1.807) is 18.2 Å². The summed E-state index contributed by atoms with van der Waals surface area (Å²) in [5.41, 5.74) is 1.53. The summed E-state index contributed by atoms with van der Waals surface area (Å²) in [5, 5.41) is 2.98. The van der Waals surface area contributed by atoms with Crippen LogP contribution in [-0.2, 0) is 22.4 Å². The van der Waals surface area contributed by atoms with Gasteiger partial charge in [-0.3, -0.25) is 14.6 Å². The monoisotopic (exact) mass is 436 g/mol. The Morgan fingerprint density at radius 1 is 1.12 bits per heavy atom. The topological polar surface area (TPSA) is 87.3 Å². The molecule has 0 saturated carbocycles. The molecule has 3 aromatic rings. The van der Waals surface area contributed by atoms with Crippen LogP contribution in [0.3, 0.4) is 0 Å². The minimum atomic E-state index is -0.415. The number of nitrogens with one attached hydrogen (secondary N) is 2. The van der Waals surface area contributed by atoms with Crippen LogP contribution in [0.2, 0.25) is 0 Å². The molecule has 0 bridgehead atoms. The van der Waals surface area contributed by atoms with E-state index in [9.17, 15) is 14.0 Å². The van der Waals surface area contributed by atoms with E-state index >= 15 is 0 Å². The second kappa shape index (κ2) is 10.2. The zero-order valence-corrected chi connectivity index (χ0v) is 17.6. The fourth-order valence-corrected chi connectivity index (χ4v) is 3.73. The van der Waals surface area contributed by atoms with Crippen molar-refractivity contribution in [3.63, 3.8) is 0 Å². The standard InChI is InChI=1S/C24H25FN4O3/c25-20-9-5-4-8-18(20)14-22(30)27-21(17-6-2-1-3-7-17)15-19-16-23(31)28-24(26-19)29-10-12-32-13-11-29/h1-9,16,21H,10-15H2,(H,27,30)(H,26,28,31)/t21-/m0/s1. The number of carbonyl (C=O) groups is 1. The third-order valence-corrected chi connectivity index (χ3v) is 5.35. The minimum Gasteiger partial charge on any atom is -0.378 e. The number of H-pyrrole nitrogens is 1. The zero-order chi connectivity index (χ0) is 22.3. The maximum atomic E-state index is 14.0. The van der Waals surface area contributed by atoms with Crippen LogP contribution < -0.4 is 15.8 Å². The van der Waals surface area contributed by atoms with Gasteiger partial charge >= 0.3 is 0 Å². The molecular formula is C24H25FN4O3. The molecule has 1 amide bonds. The first-order valence-corrected chi connectivity index (χ1v) is 10.6. The average molecular weight is 436 g/mol. The second-order valence-electron chi connectivity index (χ2n) is 7.66. The zero-order valence-electron chi connectivity index (χ0n) is 17.6. The van der Waals surface area contributed by atoms with Gasteiger partial charge in [0.25, 0.3) is 5.56 Å². The number of carbonyl (C=O) groups excluding carboxylic acids is 1. The highest BCUT2D eigenvalue weighted by atomic mass is 19.1. The van der Waals surface area contributed by atoms with E-state index in [1.165, 1.54) is 12.1 Å². The maximum absolute atomic E-state index is 14.0. The predicted octanol–water partition coefficient (Wildman–Crippen LogP) is 2.39. The quantitative estimate of drug-likeness (QED) is 0.594. The van der Waals surface area contributed by atoms with Gasteiger partial charge in [-0.05, 0) is 17.2 Å². The number of halogens is 1. The molecule has 8 heteroatoms. The molecule has 32 heavy (non-hydrogen) atoms. The molecule has 7 nitrogen and oxygen atoms in total. The molecule has 1 atom stereocenters. The minimum absolute atomic E-state index is 0.0716. The van der Waals surface area contributed by atoms with Gasteiger partial charge in [0.05, 0.1) is 31.4 Å². The van der Waals surface area contributed by atoms with E-state index in [1.807, 2.05) is 35.2 Å². The third kappa shape index (κ3) is 5.59. The van der Waals surface area contributed by atoms with Gasteiger partial charge in [-0.15, -0.1) is 0 Å². The summed E-state index contributed by atoms with van der Waals surface area (Å²) in [5.74, 6) is -0.215. The Bertz CT molecular complexity index is 1110. The summed E-state index contributed by atoms with van der Waals surface area (Å²) in [7, 11) is 0. The number of morpholine rings is 1. The van der Waals surface area contributed by atoms with Crippen molar-refractivity contribution in [3.8, 4) is 0 Å². The van der Waals surface area contributed by atoms with Crippen LogP contribution in [0.4, 0.5) is 10.3 Å². The van der Waals surface area contributed by atoms with Crippen LogP contribution in [0.5, 0.6) is 0 Å². The third-order valence-electron chi connectivity index (χ3n) is 5.35. The van der Waals surface area contributed by atoms with Crippen molar-refractivity contribution in [1.82, 2.24) is 15.3 Å². The summed E-state index contributed by atoms with van der Waals surface area (Å²) >= 11 is 0. The summed E-state index contributed by atoms with van der Waals surface area (Å²) in [6.45, 7) is 2.45. The van der Waals surface area contributed by atoms with Crippen LogP contribution in [0.25, 0.3) is 0 Å². The average Bonchev–Trinajstić information content (AvgIpc) is 2.81. The van der Waals surface area contributed by atoms with E-state index in [0.717, 1.165) is 5.56 Å². The largest absolute Gasteiger partial charge is 0.378 e. The van der Waals surface area contributed by atoms with Gasteiger partial charge in [0, 0.05) is 25.6 Å². The van der Waals surface area contributed by atoms with Crippen molar-refractivity contribution in [1.29, 1.82) is 0 Å². The molecule has 2 aromatic carbocycles. The Morgan fingerprint density at radius 2 is 1.84 bits per heavy atom. The summed E-state index contributed by atoms with van der Waals surface area (Å²) in [6, 6.07) is 16.7. The number of hydrogen-bond donors (Lipinski definition) is 2. The van der Waals surface area contributed by atoms with Gasteiger partial charge in [0.15, 0.2) is 0 Å². The molecule has 1 aliphatic rings. The first kappa shape index (κ1) is 21.7. The lowest BCUT2D eigenvalue weighted by Crippen LogP contribution is -2.38. The normalized spacial score (nSPS) is 14.7. The molecule has 2 heterocycles. The molecular weight excluding hydrogens is 411 g/mol. The van der Waals surface area contributed by atoms with E-state index in [0.29, 0.717) is 49.9 Å². The Morgan fingerprint density at radius 3 is 2.59 bits per heavy atom. The van der Waals surface area contributed by atoms with E-state index < -0.39 is 11.9 Å². The van der Waals surface area contributed by atoms with Crippen molar-refractivity contribution in [2.45, 2.75) is 18.9 Å². The number of nitrogens with zero attached hydrogens (tertiary/aromatic N) is 2. The van der Waals surface area contributed by atoms with Crippen LogP contribution in [0.15, 0.2) is 65.5 Å². The van der Waals surface area contributed by atoms with Gasteiger partial charge in [0.1, 0.15) is 5.82 Å². The van der Waals surface area contributed by atoms with E-state index in [4.69, 9.17) is 4.74 Å². The fourth-order valence-electron chi connectivity index (χ4n) is 3.73. The van der Waals surface area contributed by atoms with Crippen LogP contribution in [-0.4, -0.2) is 42.2 Å². The predicted molar refractivity (Wildman–Crippen MR) is 119 cm³/mol. The van der Waals surface area contributed by atoms with Gasteiger partial charge < -0.3 is 15.0 Å². The lowest BCUT2D eigenvalue weighted by Gasteiger charge is -2.27. The van der Waals surface area contributed by atoms with Crippen molar-refractivity contribution >= 4 is 11.9 Å². The highest BCUT2D eigenvalue weighted by Gasteiger charge is 2.19. The number of hydrogen-bond acceptors (Lipinski definition) is 5. The summed E-state index contributed by atoms with van der Waals surface area (Å²) in [6.07, 6.45) is 0.256. The van der Waals surface area contributed by atoms with Crippen LogP contribution >= 0.6 is 0 Å². The van der Waals surface area contributed by atoms with Gasteiger partial charge in [0.2, 0.25) is 11.9 Å². The Labute approximate surface area is 185 Å². The molecule has 0 spiro atoms. The Balaban J connectivity index is 1.55. The number of amides is 1. The first-order valence-electron chi connectivity index (χ1n) is 10.6. The molecule has 1 aliphatic heterocycles. The maximum Gasteiger partial charge on any atom is 0.252 e. The number of aromatic nitrogens is 2. The molecule has 1 aromatic heterocycles. The summed E-state index contributed by atoms with van der Waals surface area (Å²) < 4.78 is 19.4. The number of anilines is 1. The lowest BCUT2D eigenvalue weighted by molar-refractivity contribution is -0.121.